The molecule has 0 saturated heterocycles. The van der Waals surface area contributed by atoms with Crippen LogP contribution in [0.5, 0.6) is 0 Å². The zero-order valence-electron chi connectivity index (χ0n) is 11.8. The van der Waals surface area contributed by atoms with Crippen LogP contribution in [0.2, 0.25) is 0 Å². The van der Waals surface area contributed by atoms with Crippen LogP contribution in [-0.4, -0.2) is 33.9 Å². The fourth-order valence-electron chi connectivity index (χ4n) is 1.94. The molecular formula is C14H18N4O2. The highest BCUT2D eigenvalue weighted by molar-refractivity contribution is 5.75. The number of nitrogens with zero attached hydrogens (tertiary/aromatic N) is 3. The summed E-state index contributed by atoms with van der Waals surface area (Å²) in [4.78, 5) is 15.4. The van der Waals surface area contributed by atoms with Gasteiger partial charge in [-0.15, -0.1) is 0 Å². The fraction of sp³-hybridized carbons (Fsp3) is 0.357. The summed E-state index contributed by atoms with van der Waals surface area (Å²) in [5, 5.41) is 7.59. The van der Waals surface area contributed by atoms with Gasteiger partial charge in [-0.1, -0.05) is 0 Å². The predicted octanol–water partition coefficient (Wildman–Crippen LogP) is 1.13. The number of aryl methyl sites for hydroxylation is 1. The molecule has 0 amide bonds. The second kappa shape index (κ2) is 6.29. The number of esters is 1. The maximum absolute atomic E-state index is 11.4. The Kier molecular flexibility index (Phi) is 4.47. The van der Waals surface area contributed by atoms with Crippen LogP contribution in [0.3, 0.4) is 0 Å². The van der Waals surface area contributed by atoms with Gasteiger partial charge in [-0.05, 0) is 19.1 Å². The quantitative estimate of drug-likeness (QED) is 0.828. The van der Waals surface area contributed by atoms with Gasteiger partial charge in [0.1, 0.15) is 6.04 Å². The average Bonchev–Trinajstić information content (AvgIpc) is 2.85. The molecule has 20 heavy (non-hydrogen) atoms. The molecule has 1 N–H and O–H groups in total. The van der Waals surface area contributed by atoms with Crippen LogP contribution in [-0.2, 0) is 23.1 Å². The summed E-state index contributed by atoms with van der Waals surface area (Å²) in [6.45, 7) is 2.32. The standard InChI is InChI=1S/C14H18N4O2/c1-10(14(19)20-3)16-8-12-9-18(2)17-13(12)11-4-6-15-7-5-11/h4-7,9-10,16H,8H2,1-3H3/t10-/m1/s1. The number of methoxy groups -OCH3 is 1. The van der Waals surface area contributed by atoms with E-state index in [1.807, 2.05) is 25.4 Å². The van der Waals surface area contributed by atoms with Crippen molar-refractivity contribution < 1.29 is 9.53 Å². The number of nitrogens with one attached hydrogen (secondary N) is 1. The summed E-state index contributed by atoms with van der Waals surface area (Å²) in [5.41, 5.74) is 2.91. The van der Waals surface area contributed by atoms with Crippen LogP contribution in [0.15, 0.2) is 30.7 Å². The molecule has 2 aromatic rings. The molecule has 6 heteroatoms. The van der Waals surface area contributed by atoms with Crippen molar-refractivity contribution >= 4 is 5.97 Å². The molecule has 6 nitrogen and oxygen atoms in total. The molecule has 0 spiro atoms. The minimum Gasteiger partial charge on any atom is -0.468 e. The Morgan fingerprint density at radius 2 is 2.15 bits per heavy atom. The Morgan fingerprint density at radius 3 is 2.80 bits per heavy atom. The van der Waals surface area contributed by atoms with E-state index in [1.54, 1.807) is 24.0 Å². The third-order valence-electron chi connectivity index (χ3n) is 3.01. The minimum absolute atomic E-state index is 0.278. The van der Waals surface area contributed by atoms with Gasteiger partial charge in [0.2, 0.25) is 0 Å². The highest BCUT2D eigenvalue weighted by Crippen LogP contribution is 2.20. The Bertz CT molecular complexity index is 580. The molecule has 0 aromatic carbocycles. The first-order valence-electron chi connectivity index (χ1n) is 6.36. The van der Waals surface area contributed by atoms with Crippen molar-refractivity contribution in [3.8, 4) is 11.3 Å². The first-order chi connectivity index (χ1) is 9.61. The van der Waals surface area contributed by atoms with Gasteiger partial charge < -0.3 is 10.1 Å². The second-order valence-electron chi connectivity index (χ2n) is 4.54. The molecule has 2 aromatic heterocycles. The number of aromatic nitrogens is 3. The molecule has 0 unspecified atom stereocenters. The van der Waals surface area contributed by atoms with Crippen LogP contribution >= 0.6 is 0 Å². The normalized spacial score (nSPS) is 12.2. The summed E-state index contributed by atoms with van der Waals surface area (Å²) in [6, 6.07) is 3.47. The van der Waals surface area contributed by atoms with Crippen molar-refractivity contribution in [2.45, 2.75) is 19.5 Å². The Morgan fingerprint density at radius 1 is 1.45 bits per heavy atom. The first kappa shape index (κ1) is 14.2. The van der Waals surface area contributed by atoms with Crippen molar-refractivity contribution in [2.75, 3.05) is 7.11 Å². The van der Waals surface area contributed by atoms with Crippen LogP contribution in [0.1, 0.15) is 12.5 Å². The van der Waals surface area contributed by atoms with Gasteiger partial charge in [-0.3, -0.25) is 14.5 Å². The summed E-state index contributed by atoms with van der Waals surface area (Å²) in [7, 11) is 3.25. The fourth-order valence-corrected chi connectivity index (χ4v) is 1.94. The lowest BCUT2D eigenvalue weighted by Gasteiger charge is -2.11. The van der Waals surface area contributed by atoms with Crippen LogP contribution in [0.25, 0.3) is 11.3 Å². The predicted molar refractivity (Wildman–Crippen MR) is 74.8 cm³/mol. The van der Waals surface area contributed by atoms with E-state index < -0.39 is 0 Å². The summed E-state index contributed by atoms with van der Waals surface area (Å²) < 4.78 is 6.45. The Hall–Kier alpha value is -2.21. The van der Waals surface area contributed by atoms with Crippen molar-refractivity contribution in [1.82, 2.24) is 20.1 Å². The third-order valence-corrected chi connectivity index (χ3v) is 3.01. The molecule has 2 heterocycles. The lowest BCUT2D eigenvalue weighted by Crippen LogP contribution is -2.34. The van der Waals surface area contributed by atoms with Gasteiger partial charge in [0.05, 0.1) is 12.8 Å². The van der Waals surface area contributed by atoms with Crippen LogP contribution in [0, 0.1) is 0 Å². The zero-order valence-corrected chi connectivity index (χ0v) is 11.8. The van der Waals surface area contributed by atoms with E-state index in [2.05, 4.69) is 20.1 Å². The number of pyridine rings is 1. The highest BCUT2D eigenvalue weighted by Gasteiger charge is 2.15. The van der Waals surface area contributed by atoms with Crippen LogP contribution in [0.4, 0.5) is 0 Å². The van der Waals surface area contributed by atoms with E-state index in [9.17, 15) is 4.79 Å². The van der Waals surface area contributed by atoms with Gasteiger partial charge in [0, 0.05) is 43.3 Å². The number of ether oxygens (including phenoxy) is 1. The molecule has 0 bridgehead atoms. The smallest absolute Gasteiger partial charge is 0.322 e. The lowest BCUT2D eigenvalue weighted by atomic mass is 10.1. The van der Waals surface area contributed by atoms with Gasteiger partial charge in [-0.2, -0.15) is 5.10 Å². The third kappa shape index (κ3) is 3.21. The molecule has 106 valence electrons. The molecule has 0 radical (unpaired) electrons. The molecule has 2 rings (SSSR count). The van der Waals surface area contributed by atoms with E-state index in [0.29, 0.717) is 6.54 Å². The zero-order chi connectivity index (χ0) is 14.5. The Balaban J connectivity index is 2.15. The second-order valence-corrected chi connectivity index (χ2v) is 4.54. The maximum atomic E-state index is 11.4. The molecule has 0 saturated carbocycles. The van der Waals surface area contributed by atoms with Gasteiger partial charge >= 0.3 is 5.97 Å². The number of rotatable bonds is 5. The number of carbonyl (C=O) groups excluding carboxylic acids is 1. The van der Waals surface area contributed by atoms with E-state index in [-0.39, 0.29) is 12.0 Å². The SMILES string of the molecule is COC(=O)[C@@H](C)NCc1cn(C)nc1-c1ccncc1. The van der Waals surface area contributed by atoms with E-state index in [4.69, 9.17) is 0 Å². The first-order valence-corrected chi connectivity index (χ1v) is 6.36. The molecule has 0 aliphatic carbocycles. The van der Waals surface area contributed by atoms with Crippen molar-refractivity contribution in [3.05, 3.63) is 36.3 Å². The minimum atomic E-state index is -0.356. The Labute approximate surface area is 117 Å². The molecule has 0 aliphatic heterocycles. The lowest BCUT2D eigenvalue weighted by molar-refractivity contribution is -0.142. The molecule has 1 atom stereocenters. The monoisotopic (exact) mass is 274 g/mol. The number of hydrogen-bond acceptors (Lipinski definition) is 5. The maximum Gasteiger partial charge on any atom is 0.322 e. The molecule has 0 fully saturated rings. The van der Waals surface area contributed by atoms with E-state index >= 15 is 0 Å². The van der Waals surface area contributed by atoms with Crippen LogP contribution < -0.4 is 5.32 Å². The molecule has 0 aliphatic rings. The molecular weight excluding hydrogens is 256 g/mol. The highest BCUT2D eigenvalue weighted by atomic mass is 16.5. The number of carbonyl (C=O) groups is 1. The topological polar surface area (TPSA) is 69.0 Å². The van der Waals surface area contributed by atoms with Gasteiger partial charge in [0.15, 0.2) is 0 Å². The summed E-state index contributed by atoms with van der Waals surface area (Å²) in [5.74, 6) is -0.278. The van der Waals surface area contributed by atoms with Gasteiger partial charge in [-0.25, -0.2) is 0 Å². The van der Waals surface area contributed by atoms with Crippen molar-refractivity contribution in [1.29, 1.82) is 0 Å². The van der Waals surface area contributed by atoms with Crippen molar-refractivity contribution in [3.63, 3.8) is 0 Å². The summed E-state index contributed by atoms with van der Waals surface area (Å²) in [6.07, 6.45) is 5.41. The van der Waals surface area contributed by atoms with E-state index in [0.717, 1.165) is 16.8 Å². The van der Waals surface area contributed by atoms with Gasteiger partial charge in [0.25, 0.3) is 0 Å². The largest absolute Gasteiger partial charge is 0.468 e. The average molecular weight is 274 g/mol. The van der Waals surface area contributed by atoms with E-state index in [1.165, 1.54) is 7.11 Å². The van der Waals surface area contributed by atoms with Crippen molar-refractivity contribution in [2.24, 2.45) is 7.05 Å². The summed E-state index contributed by atoms with van der Waals surface area (Å²) >= 11 is 0. The number of hydrogen-bond donors (Lipinski definition) is 1.